The van der Waals surface area contributed by atoms with E-state index in [4.69, 9.17) is 9.97 Å². The third-order valence-electron chi connectivity index (χ3n) is 10.3. The molecule has 0 bridgehead atoms. The molecule has 5 nitrogen and oxygen atoms in total. The molecule has 0 fully saturated rings. The van der Waals surface area contributed by atoms with Gasteiger partial charge in [-0.15, -0.1) is 0 Å². The largest absolute Gasteiger partial charge is 0.307 e. The molecule has 4 aromatic heterocycles. The van der Waals surface area contributed by atoms with Crippen LogP contribution in [0.3, 0.4) is 0 Å². The minimum absolute atomic E-state index is 0.472. The van der Waals surface area contributed by atoms with Crippen molar-refractivity contribution in [3.05, 3.63) is 188 Å². The van der Waals surface area contributed by atoms with E-state index in [1.54, 1.807) is 18.6 Å². The van der Waals surface area contributed by atoms with Gasteiger partial charge >= 0.3 is 0 Å². The lowest BCUT2D eigenvalue weighted by Crippen LogP contribution is -2.29. The van der Waals surface area contributed by atoms with Crippen molar-refractivity contribution in [2.45, 2.75) is 0 Å². The third-order valence-corrected chi connectivity index (χ3v) is 13.3. The molecule has 6 aromatic carbocycles. The SMILES string of the molecule is O=P(c1ccnc(-c2ccccn2)c1)(c1cccc(-c2ccccn2)n1)c1c2ccccc2c(-c2ccccc2)c2c3ccccc3c3ccccc3c12. The summed E-state index contributed by atoms with van der Waals surface area (Å²) in [6.45, 7) is 0. The summed E-state index contributed by atoms with van der Waals surface area (Å²) < 4.78 is 17.3. The molecular weight excluding hydrogens is 680 g/mol. The summed E-state index contributed by atoms with van der Waals surface area (Å²) in [6, 6.07) is 57.2. The first-order valence-corrected chi connectivity index (χ1v) is 19.6. The van der Waals surface area contributed by atoms with E-state index >= 15 is 4.57 Å². The summed E-state index contributed by atoms with van der Waals surface area (Å²) in [5, 5.41) is 9.69. The summed E-state index contributed by atoms with van der Waals surface area (Å²) in [6.07, 6.45) is 5.25. The first-order chi connectivity index (χ1) is 26.7. The van der Waals surface area contributed by atoms with E-state index < -0.39 is 7.14 Å². The topological polar surface area (TPSA) is 68.6 Å². The van der Waals surface area contributed by atoms with Gasteiger partial charge in [0.05, 0.1) is 22.8 Å². The molecular formula is C48H31N4OP. The number of nitrogens with zero attached hydrogens (tertiary/aromatic N) is 4. The van der Waals surface area contributed by atoms with Gasteiger partial charge < -0.3 is 4.57 Å². The Labute approximate surface area is 312 Å². The Bertz CT molecular complexity index is 2990. The van der Waals surface area contributed by atoms with Crippen LogP contribution in [0.5, 0.6) is 0 Å². The molecule has 10 aromatic rings. The molecule has 0 N–H and O–H groups in total. The van der Waals surface area contributed by atoms with Gasteiger partial charge in [-0.1, -0.05) is 121 Å². The highest BCUT2D eigenvalue weighted by Crippen LogP contribution is 2.52. The second-order valence-corrected chi connectivity index (χ2v) is 15.9. The van der Waals surface area contributed by atoms with Crippen LogP contribution in [-0.2, 0) is 4.57 Å². The lowest BCUT2D eigenvalue weighted by Gasteiger charge is -2.27. The van der Waals surface area contributed by atoms with Gasteiger partial charge in [-0.3, -0.25) is 15.0 Å². The Balaban J connectivity index is 1.45. The molecule has 1 atom stereocenters. The molecule has 0 amide bonds. The first kappa shape index (κ1) is 31.9. The smallest absolute Gasteiger partial charge is 0.189 e. The lowest BCUT2D eigenvalue weighted by molar-refractivity contribution is 0.592. The maximum atomic E-state index is 17.3. The van der Waals surface area contributed by atoms with Gasteiger partial charge in [0.1, 0.15) is 5.44 Å². The van der Waals surface area contributed by atoms with E-state index in [0.717, 1.165) is 59.5 Å². The van der Waals surface area contributed by atoms with Crippen molar-refractivity contribution in [3.8, 4) is 33.9 Å². The van der Waals surface area contributed by atoms with E-state index in [2.05, 4.69) is 101 Å². The first-order valence-electron chi connectivity index (χ1n) is 17.9. The predicted octanol–water partition coefficient (Wildman–Crippen LogP) is 10.5. The van der Waals surface area contributed by atoms with Crippen molar-refractivity contribution in [1.82, 2.24) is 19.9 Å². The molecule has 6 heteroatoms. The Morgan fingerprint density at radius 1 is 0.389 bits per heavy atom. The summed E-state index contributed by atoms with van der Waals surface area (Å²) in [7, 11) is -3.86. The van der Waals surface area contributed by atoms with Crippen LogP contribution >= 0.6 is 7.14 Å². The quantitative estimate of drug-likeness (QED) is 0.0976. The second kappa shape index (κ2) is 13.0. The van der Waals surface area contributed by atoms with Crippen LogP contribution in [0.15, 0.2) is 188 Å². The highest BCUT2D eigenvalue weighted by atomic mass is 31.2. The Hall–Kier alpha value is -6.81. The Morgan fingerprint density at radius 2 is 0.926 bits per heavy atom. The van der Waals surface area contributed by atoms with Crippen molar-refractivity contribution < 1.29 is 4.57 Å². The van der Waals surface area contributed by atoms with Gasteiger partial charge in [0.2, 0.25) is 0 Å². The summed E-state index contributed by atoms with van der Waals surface area (Å²) in [5.74, 6) is 0. The normalized spacial score (nSPS) is 12.7. The Morgan fingerprint density at radius 3 is 1.59 bits per heavy atom. The van der Waals surface area contributed by atoms with E-state index in [1.165, 1.54) is 0 Å². The number of benzene rings is 6. The highest BCUT2D eigenvalue weighted by molar-refractivity contribution is 7.86. The van der Waals surface area contributed by atoms with Crippen LogP contribution in [0.25, 0.3) is 77.0 Å². The fourth-order valence-electron chi connectivity index (χ4n) is 7.96. The van der Waals surface area contributed by atoms with Crippen molar-refractivity contribution in [2.24, 2.45) is 0 Å². The van der Waals surface area contributed by atoms with E-state index in [9.17, 15) is 0 Å². The molecule has 254 valence electrons. The Kier molecular flexibility index (Phi) is 7.68. The maximum absolute atomic E-state index is 17.3. The molecule has 54 heavy (non-hydrogen) atoms. The third kappa shape index (κ3) is 5.05. The molecule has 10 rings (SSSR count). The number of rotatable bonds is 6. The fraction of sp³-hybridized carbons (Fsp3) is 0. The predicted molar refractivity (Wildman–Crippen MR) is 223 cm³/mol. The van der Waals surface area contributed by atoms with Gasteiger partial charge in [-0.05, 0) is 97.4 Å². The standard InChI is InChI=1S/C48H31N4OP/c53-54(33-27-30-51-43(31-33)41-24-11-13-29-50-41,44-26-14-25-42(52-44)40-23-10-12-28-49-40)48-39-22-9-8-21-38(39)45(32-15-2-1-3-16-32)46-36-19-6-4-17-34(36)35-18-5-7-20-37(35)47(46)48/h1-31H. The van der Waals surface area contributed by atoms with Crippen LogP contribution < -0.4 is 16.0 Å². The van der Waals surface area contributed by atoms with Crippen LogP contribution in [0.2, 0.25) is 0 Å². The zero-order chi connectivity index (χ0) is 36.1. The fourth-order valence-corrected chi connectivity index (χ4v) is 10.9. The minimum Gasteiger partial charge on any atom is -0.307 e. The van der Waals surface area contributed by atoms with Crippen LogP contribution in [0, 0.1) is 0 Å². The highest BCUT2D eigenvalue weighted by Gasteiger charge is 2.37. The van der Waals surface area contributed by atoms with Gasteiger partial charge in [0.15, 0.2) is 7.14 Å². The van der Waals surface area contributed by atoms with Crippen LogP contribution in [0.1, 0.15) is 0 Å². The van der Waals surface area contributed by atoms with Crippen molar-refractivity contribution in [3.63, 3.8) is 0 Å². The molecule has 0 aliphatic rings. The van der Waals surface area contributed by atoms with E-state index in [1.807, 2.05) is 78.9 Å². The lowest BCUT2D eigenvalue weighted by atomic mass is 9.86. The molecule has 4 heterocycles. The number of fused-ring (bicyclic) bond motifs is 7. The molecule has 1 unspecified atom stereocenters. The van der Waals surface area contributed by atoms with Crippen molar-refractivity contribution >= 4 is 66.3 Å². The van der Waals surface area contributed by atoms with Gasteiger partial charge in [0.25, 0.3) is 0 Å². The molecule has 0 aliphatic carbocycles. The van der Waals surface area contributed by atoms with Crippen LogP contribution in [0.4, 0.5) is 0 Å². The van der Waals surface area contributed by atoms with Crippen molar-refractivity contribution in [2.75, 3.05) is 0 Å². The van der Waals surface area contributed by atoms with Gasteiger partial charge in [-0.25, -0.2) is 4.98 Å². The molecule has 0 aliphatic heterocycles. The molecule has 0 saturated carbocycles. The van der Waals surface area contributed by atoms with E-state index in [0.29, 0.717) is 33.5 Å². The zero-order valence-electron chi connectivity index (χ0n) is 29.0. The van der Waals surface area contributed by atoms with Gasteiger partial charge in [-0.2, -0.15) is 0 Å². The molecule has 0 spiro atoms. The summed E-state index contributed by atoms with van der Waals surface area (Å²) in [5.41, 5.74) is 5.37. The number of pyridine rings is 4. The van der Waals surface area contributed by atoms with Crippen molar-refractivity contribution in [1.29, 1.82) is 0 Å². The number of hydrogen-bond acceptors (Lipinski definition) is 5. The minimum atomic E-state index is -3.86. The van der Waals surface area contributed by atoms with Crippen LogP contribution in [-0.4, -0.2) is 19.9 Å². The zero-order valence-corrected chi connectivity index (χ0v) is 29.9. The molecule has 0 saturated heterocycles. The average molecular weight is 711 g/mol. The van der Waals surface area contributed by atoms with E-state index in [-0.39, 0.29) is 0 Å². The number of hydrogen-bond donors (Lipinski definition) is 0. The maximum Gasteiger partial charge on any atom is 0.189 e. The molecule has 0 radical (unpaired) electrons. The summed E-state index contributed by atoms with van der Waals surface area (Å²) >= 11 is 0. The second-order valence-electron chi connectivity index (χ2n) is 13.3. The number of aromatic nitrogens is 4. The van der Waals surface area contributed by atoms with Gasteiger partial charge in [0, 0.05) is 34.6 Å². The monoisotopic (exact) mass is 710 g/mol. The summed E-state index contributed by atoms with van der Waals surface area (Å²) in [4.78, 5) is 19.2. The average Bonchev–Trinajstić information content (AvgIpc) is 3.26.